The van der Waals surface area contributed by atoms with E-state index in [1.54, 1.807) is 23.0 Å². The van der Waals surface area contributed by atoms with E-state index in [0.717, 1.165) is 11.8 Å². The number of carbonyl (C=O) groups is 1. The van der Waals surface area contributed by atoms with Gasteiger partial charge in [-0.05, 0) is 30.7 Å². The quantitative estimate of drug-likeness (QED) is 0.862. The average molecular weight is 321 g/mol. The molecule has 0 aliphatic rings. The molecule has 118 valence electrons. The highest BCUT2D eigenvalue weighted by atomic mass is 32.2. The molecule has 2 rings (SSSR count). The molecule has 0 saturated carbocycles. The van der Waals surface area contributed by atoms with Gasteiger partial charge in [-0.15, -0.1) is 0 Å². The second-order valence-corrected chi connectivity index (χ2v) is 7.31. The van der Waals surface area contributed by atoms with Crippen molar-refractivity contribution in [3.63, 3.8) is 0 Å². The Morgan fingerprint density at radius 3 is 2.55 bits per heavy atom. The zero-order valence-electron chi connectivity index (χ0n) is 12.6. The lowest BCUT2D eigenvalue weighted by Gasteiger charge is -2.14. The first-order valence-electron chi connectivity index (χ1n) is 6.90. The first kappa shape index (κ1) is 16.2. The molecule has 0 aliphatic heterocycles. The maximum Gasteiger partial charge on any atom is 0.224 e. The summed E-state index contributed by atoms with van der Waals surface area (Å²) < 4.78 is 24.5. The summed E-state index contributed by atoms with van der Waals surface area (Å²) in [7, 11) is -3.21. The number of nitrogens with one attached hydrogen (secondary N) is 1. The number of rotatable bonds is 6. The number of carbonyl (C=O) groups excluding carboxylic acids is 1. The molecule has 0 fully saturated rings. The summed E-state index contributed by atoms with van der Waals surface area (Å²) in [4.78, 5) is 12.2. The van der Waals surface area contributed by atoms with Gasteiger partial charge in [0, 0.05) is 24.7 Å². The van der Waals surface area contributed by atoms with Gasteiger partial charge in [0.25, 0.3) is 0 Å². The van der Waals surface area contributed by atoms with E-state index in [0.29, 0.717) is 6.54 Å². The van der Waals surface area contributed by atoms with Crippen LogP contribution in [0, 0.1) is 0 Å². The molecule has 1 aromatic carbocycles. The van der Waals surface area contributed by atoms with Crippen molar-refractivity contribution in [2.75, 3.05) is 6.26 Å². The first-order valence-corrected chi connectivity index (χ1v) is 8.79. The summed E-state index contributed by atoms with van der Waals surface area (Å²) in [5.74, 6) is -0.105. The minimum Gasteiger partial charge on any atom is -0.351 e. The van der Waals surface area contributed by atoms with E-state index >= 15 is 0 Å². The highest BCUT2D eigenvalue weighted by Gasteiger charge is 2.10. The Hall–Kier alpha value is -2.15. The number of hydrogen-bond acceptors (Lipinski definition) is 4. The first-order chi connectivity index (χ1) is 10.3. The smallest absolute Gasteiger partial charge is 0.224 e. The van der Waals surface area contributed by atoms with Gasteiger partial charge in [-0.3, -0.25) is 9.48 Å². The molecular weight excluding hydrogens is 302 g/mol. The van der Waals surface area contributed by atoms with Crippen LogP contribution in [0.15, 0.2) is 47.6 Å². The SMILES string of the molecule is C[C@@H](Cn1cccn1)NC(=O)Cc1ccc(S(C)(=O)=O)cc1. The van der Waals surface area contributed by atoms with E-state index in [1.807, 2.05) is 19.2 Å². The number of amides is 1. The van der Waals surface area contributed by atoms with Crippen LogP contribution < -0.4 is 5.32 Å². The Kier molecular flexibility index (Phi) is 4.97. The van der Waals surface area contributed by atoms with Crippen molar-refractivity contribution in [3.05, 3.63) is 48.3 Å². The van der Waals surface area contributed by atoms with Crippen LogP contribution in [0.25, 0.3) is 0 Å². The van der Waals surface area contributed by atoms with Gasteiger partial charge >= 0.3 is 0 Å². The molecule has 6 nitrogen and oxygen atoms in total. The van der Waals surface area contributed by atoms with Crippen LogP contribution in [0.4, 0.5) is 0 Å². The largest absolute Gasteiger partial charge is 0.351 e. The topological polar surface area (TPSA) is 81.1 Å². The standard InChI is InChI=1S/C15H19N3O3S/c1-12(11-18-9-3-8-16-18)17-15(19)10-13-4-6-14(7-5-13)22(2,20)21/h3-9,12H,10-11H2,1-2H3,(H,17,19)/t12-/m0/s1. The summed E-state index contributed by atoms with van der Waals surface area (Å²) in [6.45, 7) is 2.51. The van der Waals surface area contributed by atoms with Crippen molar-refractivity contribution < 1.29 is 13.2 Å². The van der Waals surface area contributed by atoms with Gasteiger partial charge in [0.1, 0.15) is 0 Å². The van der Waals surface area contributed by atoms with Gasteiger partial charge in [-0.1, -0.05) is 12.1 Å². The monoisotopic (exact) mass is 321 g/mol. The lowest BCUT2D eigenvalue weighted by atomic mass is 10.1. The predicted molar refractivity (Wildman–Crippen MR) is 83.1 cm³/mol. The van der Waals surface area contributed by atoms with E-state index < -0.39 is 9.84 Å². The van der Waals surface area contributed by atoms with Crippen LogP contribution in [0.1, 0.15) is 12.5 Å². The van der Waals surface area contributed by atoms with E-state index in [-0.39, 0.29) is 23.3 Å². The zero-order valence-corrected chi connectivity index (χ0v) is 13.4. The molecule has 2 aromatic rings. The molecule has 22 heavy (non-hydrogen) atoms. The molecule has 7 heteroatoms. The second-order valence-electron chi connectivity index (χ2n) is 5.29. The summed E-state index contributed by atoms with van der Waals surface area (Å²) in [5, 5.41) is 6.98. The fourth-order valence-electron chi connectivity index (χ4n) is 2.10. The number of sulfone groups is 1. The van der Waals surface area contributed by atoms with Crippen LogP contribution in [0.2, 0.25) is 0 Å². The maximum absolute atomic E-state index is 12.0. The van der Waals surface area contributed by atoms with Gasteiger partial charge in [-0.2, -0.15) is 5.10 Å². The Morgan fingerprint density at radius 1 is 1.32 bits per heavy atom. The van der Waals surface area contributed by atoms with Crippen LogP contribution in [0.3, 0.4) is 0 Å². The molecule has 0 unspecified atom stereocenters. The fourth-order valence-corrected chi connectivity index (χ4v) is 2.73. The van der Waals surface area contributed by atoms with Crippen molar-refractivity contribution in [3.8, 4) is 0 Å². The van der Waals surface area contributed by atoms with Crippen LogP contribution >= 0.6 is 0 Å². The zero-order chi connectivity index (χ0) is 16.2. The molecule has 1 heterocycles. The fraction of sp³-hybridized carbons (Fsp3) is 0.333. The average Bonchev–Trinajstić information content (AvgIpc) is 2.90. The molecule has 0 radical (unpaired) electrons. The lowest BCUT2D eigenvalue weighted by Crippen LogP contribution is -2.36. The van der Waals surface area contributed by atoms with Crippen LogP contribution in [-0.2, 0) is 27.6 Å². The Morgan fingerprint density at radius 2 is 2.00 bits per heavy atom. The Labute approximate surface area is 130 Å². The van der Waals surface area contributed by atoms with Crippen molar-refractivity contribution in [2.45, 2.75) is 30.8 Å². The van der Waals surface area contributed by atoms with Crippen molar-refractivity contribution in [1.29, 1.82) is 0 Å². The minimum absolute atomic E-state index is 0.0392. The van der Waals surface area contributed by atoms with Crippen molar-refractivity contribution in [1.82, 2.24) is 15.1 Å². The van der Waals surface area contributed by atoms with Crippen LogP contribution in [-0.4, -0.2) is 36.4 Å². The van der Waals surface area contributed by atoms with E-state index in [2.05, 4.69) is 10.4 Å². The molecule has 0 saturated heterocycles. The van der Waals surface area contributed by atoms with Crippen molar-refractivity contribution in [2.24, 2.45) is 0 Å². The summed E-state index contributed by atoms with van der Waals surface area (Å²) in [6.07, 6.45) is 4.91. The molecule has 0 aliphatic carbocycles. The van der Waals surface area contributed by atoms with Crippen molar-refractivity contribution >= 4 is 15.7 Å². The maximum atomic E-state index is 12.0. The van der Waals surface area contributed by atoms with Gasteiger partial charge in [0.2, 0.25) is 5.91 Å². The molecule has 1 atom stereocenters. The lowest BCUT2D eigenvalue weighted by molar-refractivity contribution is -0.121. The third-order valence-corrected chi connectivity index (χ3v) is 4.27. The van der Waals surface area contributed by atoms with Gasteiger partial charge < -0.3 is 5.32 Å². The number of aromatic nitrogens is 2. The molecule has 1 N–H and O–H groups in total. The Bertz CT molecular complexity index is 722. The van der Waals surface area contributed by atoms with Gasteiger partial charge in [0.15, 0.2) is 9.84 Å². The van der Waals surface area contributed by atoms with Gasteiger partial charge in [-0.25, -0.2) is 8.42 Å². The number of nitrogens with zero attached hydrogens (tertiary/aromatic N) is 2. The second kappa shape index (κ2) is 6.74. The highest BCUT2D eigenvalue weighted by Crippen LogP contribution is 2.10. The van der Waals surface area contributed by atoms with Gasteiger partial charge in [0.05, 0.1) is 17.9 Å². The van der Waals surface area contributed by atoms with Crippen LogP contribution in [0.5, 0.6) is 0 Å². The molecular formula is C15H19N3O3S. The molecule has 1 amide bonds. The van der Waals surface area contributed by atoms with E-state index in [9.17, 15) is 13.2 Å². The molecule has 0 bridgehead atoms. The summed E-state index contributed by atoms with van der Waals surface area (Å²) in [5.41, 5.74) is 0.774. The summed E-state index contributed by atoms with van der Waals surface area (Å²) >= 11 is 0. The predicted octanol–water partition coefficient (Wildman–Crippen LogP) is 1.03. The molecule has 0 spiro atoms. The summed E-state index contributed by atoms with van der Waals surface area (Å²) in [6, 6.07) is 8.15. The third-order valence-electron chi connectivity index (χ3n) is 3.14. The minimum atomic E-state index is -3.21. The third kappa shape index (κ3) is 4.70. The number of benzene rings is 1. The normalized spacial score (nSPS) is 12.8. The number of hydrogen-bond donors (Lipinski definition) is 1. The van der Waals surface area contributed by atoms with E-state index in [4.69, 9.17) is 0 Å². The van der Waals surface area contributed by atoms with E-state index in [1.165, 1.54) is 12.1 Å². The highest BCUT2D eigenvalue weighted by molar-refractivity contribution is 7.90. The Balaban J connectivity index is 1.89. The molecule has 1 aromatic heterocycles.